The Morgan fingerprint density at radius 2 is 1.74 bits per heavy atom. The van der Waals surface area contributed by atoms with E-state index < -0.39 is 21.6 Å². The van der Waals surface area contributed by atoms with E-state index in [9.17, 15) is 18.0 Å². The highest BCUT2D eigenvalue weighted by Gasteiger charge is 2.21. The smallest absolute Gasteiger partial charge is 0.349 e. The fraction of sp³-hybridized carbons (Fsp3) is 0.158. The minimum absolute atomic E-state index is 0.0473. The summed E-state index contributed by atoms with van der Waals surface area (Å²) in [5.74, 6) is -0.633. The SMILES string of the molecule is CN(C)S(=O)(=O)c1ccccc1CNC(=O)c1cc2ccccc2oc1=O. The van der Waals surface area contributed by atoms with Crippen LogP contribution in [-0.2, 0) is 16.6 Å². The van der Waals surface area contributed by atoms with Gasteiger partial charge in [-0.3, -0.25) is 4.79 Å². The number of carbonyl (C=O) groups excluding carboxylic acids is 1. The van der Waals surface area contributed by atoms with Crippen molar-refractivity contribution in [2.45, 2.75) is 11.4 Å². The highest BCUT2D eigenvalue weighted by atomic mass is 32.2. The number of nitrogens with one attached hydrogen (secondary N) is 1. The molecule has 0 aliphatic carbocycles. The Hall–Kier alpha value is -2.97. The highest BCUT2D eigenvalue weighted by molar-refractivity contribution is 7.89. The van der Waals surface area contributed by atoms with Crippen molar-refractivity contribution in [2.75, 3.05) is 14.1 Å². The van der Waals surface area contributed by atoms with Crippen LogP contribution in [0.3, 0.4) is 0 Å². The lowest BCUT2D eigenvalue weighted by atomic mass is 10.1. The molecular formula is C19H18N2O5S. The minimum atomic E-state index is -3.66. The van der Waals surface area contributed by atoms with Crippen LogP contribution in [0.1, 0.15) is 15.9 Å². The van der Waals surface area contributed by atoms with Crippen LogP contribution in [0, 0.1) is 0 Å². The average Bonchev–Trinajstić information content (AvgIpc) is 2.65. The van der Waals surface area contributed by atoms with E-state index in [-0.39, 0.29) is 17.0 Å². The minimum Gasteiger partial charge on any atom is -0.422 e. The lowest BCUT2D eigenvalue weighted by Crippen LogP contribution is -2.29. The summed E-state index contributed by atoms with van der Waals surface area (Å²) in [5.41, 5.74) is -0.0757. The molecule has 0 unspecified atom stereocenters. The van der Waals surface area contributed by atoms with Crippen LogP contribution in [0.5, 0.6) is 0 Å². The molecule has 3 rings (SSSR count). The number of benzene rings is 2. The zero-order chi connectivity index (χ0) is 19.6. The fourth-order valence-electron chi connectivity index (χ4n) is 2.59. The van der Waals surface area contributed by atoms with Crippen molar-refractivity contribution in [3.05, 3.63) is 76.1 Å². The van der Waals surface area contributed by atoms with Gasteiger partial charge in [0.25, 0.3) is 5.91 Å². The van der Waals surface area contributed by atoms with E-state index in [1.165, 1.54) is 26.2 Å². The van der Waals surface area contributed by atoms with Crippen molar-refractivity contribution in [1.82, 2.24) is 9.62 Å². The van der Waals surface area contributed by atoms with E-state index in [1.54, 1.807) is 42.5 Å². The maximum absolute atomic E-state index is 12.4. The molecule has 0 saturated carbocycles. The standard InChI is InChI=1S/C19H18N2O5S/c1-21(2)27(24,25)17-10-6-4-8-14(17)12-20-18(22)15-11-13-7-3-5-9-16(13)26-19(15)23/h3-11H,12H2,1-2H3,(H,20,22). The number of hydrogen-bond donors (Lipinski definition) is 1. The van der Waals surface area contributed by atoms with Crippen LogP contribution in [0.25, 0.3) is 11.0 Å². The first kappa shape index (κ1) is 18.8. The third kappa shape index (κ3) is 3.76. The van der Waals surface area contributed by atoms with Gasteiger partial charge in [-0.25, -0.2) is 17.5 Å². The third-order valence-corrected chi connectivity index (χ3v) is 5.97. The second kappa shape index (κ2) is 7.34. The molecule has 0 aliphatic rings. The normalized spacial score (nSPS) is 11.7. The molecule has 0 fully saturated rings. The van der Waals surface area contributed by atoms with Crippen LogP contribution < -0.4 is 10.9 Å². The fourth-order valence-corrected chi connectivity index (χ4v) is 3.70. The van der Waals surface area contributed by atoms with Gasteiger partial charge in [-0.15, -0.1) is 0 Å². The number of para-hydroxylation sites is 1. The largest absolute Gasteiger partial charge is 0.422 e. The molecule has 3 aromatic rings. The lowest BCUT2D eigenvalue weighted by molar-refractivity contribution is 0.0947. The molecule has 1 amide bonds. The topological polar surface area (TPSA) is 96.7 Å². The summed E-state index contributed by atoms with van der Waals surface area (Å²) < 4.78 is 31.1. The summed E-state index contributed by atoms with van der Waals surface area (Å²) in [7, 11) is -0.784. The summed E-state index contributed by atoms with van der Waals surface area (Å²) in [4.78, 5) is 24.6. The van der Waals surface area contributed by atoms with Crippen molar-refractivity contribution < 1.29 is 17.6 Å². The first-order valence-corrected chi connectivity index (χ1v) is 9.56. The van der Waals surface area contributed by atoms with Gasteiger partial charge in [0, 0.05) is 26.0 Å². The first-order valence-electron chi connectivity index (χ1n) is 8.12. The zero-order valence-corrected chi connectivity index (χ0v) is 15.6. The molecule has 0 bridgehead atoms. The summed E-state index contributed by atoms with van der Waals surface area (Å²) in [6.07, 6.45) is 0. The lowest BCUT2D eigenvalue weighted by Gasteiger charge is -2.15. The number of nitrogens with zero attached hydrogens (tertiary/aromatic N) is 1. The molecule has 1 aromatic heterocycles. The summed E-state index contributed by atoms with van der Waals surface area (Å²) in [5, 5.41) is 3.21. The molecule has 140 valence electrons. The van der Waals surface area contributed by atoms with Crippen molar-refractivity contribution in [1.29, 1.82) is 0 Å². The molecule has 7 nitrogen and oxygen atoms in total. The van der Waals surface area contributed by atoms with Gasteiger partial charge in [0.15, 0.2) is 0 Å². The molecule has 0 radical (unpaired) electrons. The van der Waals surface area contributed by atoms with Gasteiger partial charge in [-0.2, -0.15) is 0 Å². The van der Waals surface area contributed by atoms with Gasteiger partial charge in [-0.05, 0) is 23.8 Å². The highest BCUT2D eigenvalue weighted by Crippen LogP contribution is 2.18. The van der Waals surface area contributed by atoms with Crippen molar-refractivity contribution in [3.8, 4) is 0 Å². The Balaban J connectivity index is 1.87. The maximum Gasteiger partial charge on any atom is 0.349 e. The van der Waals surface area contributed by atoms with E-state index in [0.29, 0.717) is 16.5 Å². The summed E-state index contributed by atoms with van der Waals surface area (Å²) in [6.45, 7) is -0.0473. The molecule has 8 heteroatoms. The van der Waals surface area contributed by atoms with Crippen LogP contribution in [0.2, 0.25) is 0 Å². The number of fused-ring (bicyclic) bond motifs is 1. The van der Waals surface area contributed by atoms with Gasteiger partial charge >= 0.3 is 5.63 Å². The Bertz CT molecular complexity index is 1170. The Labute approximate surface area is 156 Å². The van der Waals surface area contributed by atoms with E-state index in [1.807, 2.05) is 0 Å². The summed E-state index contributed by atoms with van der Waals surface area (Å²) in [6, 6.07) is 14.7. The molecule has 0 aliphatic heterocycles. The van der Waals surface area contributed by atoms with Gasteiger partial charge in [0.05, 0.1) is 4.90 Å². The molecular weight excluding hydrogens is 368 g/mol. The van der Waals surface area contributed by atoms with E-state index in [0.717, 1.165) is 4.31 Å². The number of amides is 1. The van der Waals surface area contributed by atoms with E-state index in [4.69, 9.17) is 4.42 Å². The Morgan fingerprint density at radius 1 is 1.07 bits per heavy atom. The number of carbonyl (C=O) groups is 1. The monoisotopic (exact) mass is 386 g/mol. The molecule has 0 atom stereocenters. The number of hydrogen-bond acceptors (Lipinski definition) is 5. The van der Waals surface area contributed by atoms with Gasteiger partial charge in [0.1, 0.15) is 11.1 Å². The zero-order valence-electron chi connectivity index (χ0n) is 14.8. The maximum atomic E-state index is 12.4. The predicted molar refractivity (Wildman–Crippen MR) is 101 cm³/mol. The molecule has 27 heavy (non-hydrogen) atoms. The Morgan fingerprint density at radius 3 is 2.48 bits per heavy atom. The molecule has 2 aromatic carbocycles. The van der Waals surface area contributed by atoms with Gasteiger partial charge in [-0.1, -0.05) is 36.4 Å². The van der Waals surface area contributed by atoms with Crippen molar-refractivity contribution >= 4 is 26.9 Å². The van der Waals surface area contributed by atoms with Crippen LogP contribution in [-0.4, -0.2) is 32.7 Å². The molecule has 0 spiro atoms. The molecule has 1 N–H and O–H groups in total. The van der Waals surface area contributed by atoms with Gasteiger partial charge < -0.3 is 9.73 Å². The molecule has 1 heterocycles. The van der Waals surface area contributed by atoms with Crippen LogP contribution in [0.4, 0.5) is 0 Å². The Kier molecular flexibility index (Phi) is 5.11. The van der Waals surface area contributed by atoms with Crippen molar-refractivity contribution in [3.63, 3.8) is 0 Å². The number of sulfonamides is 1. The van der Waals surface area contributed by atoms with E-state index >= 15 is 0 Å². The predicted octanol–water partition coefficient (Wildman–Crippen LogP) is 1.97. The second-order valence-electron chi connectivity index (χ2n) is 6.06. The second-order valence-corrected chi connectivity index (χ2v) is 8.18. The third-order valence-electron chi connectivity index (χ3n) is 4.06. The van der Waals surface area contributed by atoms with Gasteiger partial charge in [0.2, 0.25) is 10.0 Å². The van der Waals surface area contributed by atoms with Crippen LogP contribution >= 0.6 is 0 Å². The van der Waals surface area contributed by atoms with Crippen LogP contribution in [0.15, 0.2) is 68.7 Å². The quantitative estimate of drug-likeness (QED) is 0.676. The van der Waals surface area contributed by atoms with E-state index in [2.05, 4.69) is 5.32 Å². The first-order chi connectivity index (χ1) is 12.8. The summed E-state index contributed by atoms with van der Waals surface area (Å²) >= 11 is 0. The number of rotatable bonds is 5. The van der Waals surface area contributed by atoms with Crippen molar-refractivity contribution in [2.24, 2.45) is 0 Å². The average molecular weight is 386 g/mol. The molecule has 0 saturated heterocycles.